The summed E-state index contributed by atoms with van der Waals surface area (Å²) in [6.45, 7) is 2.67. The van der Waals surface area contributed by atoms with Gasteiger partial charge < -0.3 is 14.8 Å². The van der Waals surface area contributed by atoms with Crippen LogP contribution in [0.25, 0.3) is 10.2 Å². The first-order chi connectivity index (χ1) is 15.1. The van der Waals surface area contributed by atoms with Crippen molar-refractivity contribution in [2.24, 2.45) is 0 Å². The Morgan fingerprint density at radius 1 is 1.10 bits per heavy atom. The molecular formula is C24H22N2O3S2. The number of rotatable bonds is 8. The Hall–Kier alpha value is -3.03. The van der Waals surface area contributed by atoms with Gasteiger partial charge in [0.15, 0.2) is 4.34 Å². The van der Waals surface area contributed by atoms with E-state index in [4.69, 9.17) is 9.47 Å². The second-order valence-corrected chi connectivity index (χ2v) is 9.20. The molecular weight excluding hydrogens is 428 g/mol. The maximum absolute atomic E-state index is 12.6. The number of para-hydroxylation sites is 1. The number of aromatic nitrogens is 1. The van der Waals surface area contributed by atoms with Gasteiger partial charge in [-0.25, -0.2) is 4.98 Å². The van der Waals surface area contributed by atoms with Gasteiger partial charge in [-0.15, -0.1) is 11.3 Å². The van der Waals surface area contributed by atoms with Crippen LogP contribution in [0.3, 0.4) is 0 Å². The average molecular weight is 451 g/mol. The molecule has 0 saturated carbocycles. The molecule has 31 heavy (non-hydrogen) atoms. The van der Waals surface area contributed by atoms with Crippen molar-refractivity contribution in [2.45, 2.75) is 11.3 Å². The van der Waals surface area contributed by atoms with Crippen LogP contribution in [-0.4, -0.2) is 30.4 Å². The molecule has 1 amide bonds. The molecule has 3 aromatic carbocycles. The van der Waals surface area contributed by atoms with Gasteiger partial charge in [0, 0.05) is 11.4 Å². The first-order valence-corrected chi connectivity index (χ1v) is 11.6. The molecule has 0 spiro atoms. The Labute approximate surface area is 189 Å². The SMILES string of the molecule is COc1ccccc1C(=O)Nc1ccc2nc(SCCOc3cccc(C)c3)sc2c1. The topological polar surface area (TPSA) is 60.5 Å². The summed E-state index contributed by atoms with van der Waals surface area (Å²) in [5, 5.41) is 2.94. The standard InChI is InChI=1S/C24H22N2O3S2/c1-16-6-5-7-18(14-16)29-12-13-30-24-26-20-11-10-17(15-22(20)31-24)25-23(27)19-8-3-4-9-21(19)28-2/h3-11,14-15H,12-13H2,1-2H3,(H,25,27). The molecule has 4 rings (SSSR count). The molecule has 7 heteroatoms. The van der Waals surface area contributed by atoms with E-state index in [1.54, 1.807) is 42.3 Å². The van der Waals surface area contributed by atoms with E-state index in [0.717, 1.165) is 31.7 Å². The van der Waals surface area contributed by atoms with E-state index in [1.165, 1.54) is 5.56 Å². The molecule has 0 atom stereocenters. The van der Waals surface area contributed by atoms with Gasteiger partial charge in [0.2, 0.25) is 0 Å². The summed E-state index contributed by atoms with van der Waals surface area (Å²) in [7, 11) is 1.56. The number of thiazole rings is 1. The maximum Gasteiger partial charge on any atom is 0.259 e. The highest BCUT2D eigenvalue weighted by Gasteiger charge is 2.13. The van der Waals surface area contributed by atoms with Crippen LogP contribution < -0.4 is 14.8 Å². The molecule has 4 aromatic rings. The minimum atomic E-state index is -0.204. The minimum absolute atomic E-state index is 0.204. The van der Waals surface area contributed by atoms with Crippen molar-refractivity contribution < 1.29 is 14.3 Å². The highest BCUT2D eigenvalue weighted by atomic mass is 32.2. The summed E-state index contributed by atoms with van der Waals surface area (Å²) in [6, 6.07) is 21.0. The summed E-state index contributed by atoms with van der Waals surface area (Å²) in [6.07, 6.45) is 0. The average Bonchev–Trinajstić information content (AvgIpc) is 3.19. The third kappa shape index (κ3) is 5.37. The summed E-state index contributed by atoms with van der Waals surface area (Å²) in [5.41, 5.74) is 3.33. The maximum atomic E-state index is 12.6. The molecule has 1 N–H and O–H groups in total. The van der Waals surface area contributed by atoms with Gasteiger partial charge in [-0.1, -0.05) is 36.0 Å². The highest BCUT2D eigenvalue weighted by Crippen LogP contribution is 2.31. The lowest BCUT2D eigenvalue weighted by Crippen LogP contribution is -2.12. The number of nitrogens with one attached hydrogen (secondary N) is 1. The summed E-state index contributed by atoms with van der Waals surface area (Å²) < 4.78 is 13.1. The molecule has 0 aliphatic rings. The quantitative estimate of drug-likeness (QED) is 0.262. The van der Waals surface area contributed by atoms with Crippen LogP contribution in [0, 0.1) is 6.92 Å². The largest absolute Gasteiger partial charge is 0.496 e. The van der Waals surface area contributed by atoms with Gasteiger partial charge in [0.25, 0.3) is 5.91 Å². The molecule has 158 valence electrons. The zero-order chi connectivity index (χ0) is 21.6. The number of ether oxygens (including phenoxy) is 2. The van der Waals surface area contributed by atoms with Gasteiger partial charge in [0.1, 0.15) is 11.5 Å². The fourth-order valence-electron chi connectivity index (χ4n) is 3.07. The number of amides is 1. The normalized spacial score (nSPS) is 10.8. The van der Waals surface area contributed by atoms with Crippen molar-refractivity contribution in [3.05, 3.63) is 77.9 Å². The molecule has 0 fully saturated rings. The number of nitrogens with zero attached hydrogens (tertiary/aromatic N) is 1. The number of benzene rings is 3. The molecule has 0 bridgehead atoms. The van der Waals surface area contributed by atoms with Crippen LogP contribution >= 0.6 is 23.1 Å². The number of hydrogen-bond acceptors (Lipinski definition) is 6. The van der Waals surface area contributed by atoms with Gasteiger partial charge in [-0.05, 0) is 55.0 Å². The third-order valence-electron chi connectivity index (χ3n) is 4.55. The van der Waals surface area contributed by atoms with Crippen LogP contribution in [0.15, 0.2) is 71.1 Å². The van der Waals surface area contributed by atoms with E-state index >= 15 is 0 Å². The van der Waals surface area contributed by atoms with Crippen molar-refractivity contribution in [3.63, 3.8) is 0 Å². The zero-order valence-corrected chi connectivity index (χ0v) is 18.9. The first kappa shape index (κ1) is 21.2. The second-order valence-electron chi connectivity index (χ2n) is 6.83. The highest BCUT2D eigenvalue weighted by molar-refractivity contribution is 8.01. The first-order valence-electron chi connectivity index (χ1n) is 9.79. The zero-order valence-electron chi connectivity index (χ0n) is 17.3. The van der Waals surface area contributed by atoms with Crippen molar-refractivity contribution in [1.82, 2.24) is 4.98 Å². The molecule has 0 radical (unpaired) electrons. The van der Waals surface area contributed by atoms with Crippen LogP contribution in [0.5, 0.6) is 11.5 Å². The number of anilines is 1. The van der Waals surface area contributed by atoms with E-state index in [1.807, 2.05) is 48.5 Å². The fourth-order valence-corrected chi connectivity index (χ4v) is 5.06. The fraction of sp³-hybridized carbons (Fsp3) is 0.167. The predicted octanol–water partition coefficient (Wildman–Crippen LogP) is 6.04. The summed E-state index contributed by atoms with van der Waals surface area (Å²) >= 11 is 3.28. The Balaban J connectivity index is 1.37. The molecule has 1 heterocycles. The monoisotopic (exact) mass is 450 g/mol. The number of methoxy groups -OCH3 is 1. The van der Waals surface area contributed by atoms with Crippen molar-refractivity contribution in [1.29, 1.82) is 0 Å². The Morgan fingerprint density at radius 3 is 2.81 bits per heavy atom. The van der Waals surface area contributed by atoms with Crippen molar-refractivity contribution in [2.75, 3.05) is 24.8 Å². The molecule has 0 saturated heterocycles. The smallest absolute Gasteiger partial charge is 0.259 e. The summed E-state index contributed by atoms with van der Waals surface area (Å²) in [5.74, 6) is 2.04. The Kier molecular flexibility index (Phi) is 6.74. The number of thioether (sulfide) groups is 1. The van der Waals surface area contributed by atoms with E-state index in [9.17, 15) is 4.79 Å². The Bertz CT molecular complexity index is 1210. The number of fused-ring (bicyclic) bond motifs is 1. The van der Waals surface area contributed by atoms with Gasteiger partial charge in [0.05, 0.1) is 29.5 Å². The lowest BCUT2D eigenvalue weighted by atomic mass is 10.2. The van der Waals surface area contributed by atoms with Crippen LogP contribution in [0.2, 0.25) is 0 Å². The molecule has 1 aromatic heterocycles. The van der Waals surface area contributed by atoms with Gasteiger partial charge in [-0.2, -0.15) is 0 Å². The van der Waals surface area contributed by atoms with Crippen LogP contribution in [0.4, 0.5) is 5.69 Å². The van der Waals surface area contributed by atoms with Crippen LogP contribution in [0.1, 0.15) is 15.9 Å². The van der Waals surface area contributed by atoms with E-state index < -0.39 is 0 Å². The number of hydrogen-bond donors (Lipinski definition) is 1. The lowest BCUT2D eigenvalue weighted by Gasteiger charge is -2.09. The van der Waals surface area contributed by atoms with Gasteiger partial charge in [-0.3, -0.25) is 4.79 Å². The predicted molar refractivity (Wildman–Crippen MR) is 128 cm³/mol. The van der Waals surface area contributed by atoms with E-state index in [2.05, 4.69) is 23.3 Å². The lowest BCUT2D eigenvalue weighted by molar-refractivity contribution is 0.102. The third-order valence-corrected chi connectivity index (χ3v) is 6.67. The number of aryl methyl sites for hydroxylation is 1. The Morgan fingerprint density at radius 2 is 1.97 bits per heavy atom. The van der Waals surface area contributed by atoms with Crippen molar-refractivity contribution in [3.8, 4) is 11.5 Å². The van der Waals surface area contributed by atoms with Gasteiger partial charge >= 0.3 is 0 Å². The number of carbonyl (C=O) groups excluding carboxylic acids is 1. The minimum Gasteiger partial charge on any atom is -0.496 e. The summed E-state index contributed by atoms with van der Waals surface area (Å²) in [4.78, 5) is 17.3. The number of carbonyl (C=O) groups is 1. The van der Waals surface area contributed by atoms with E-state index in [0.29, 0.717) is 17.9 Å². The molecule has 0 aliphatic heterocycles. The molecule has 0 unspecified atom stereocenters. The van der Waals surface area contributed by atoms with E-state index in [-0.39, 0.29) is 5.91 Å². The second kappa shape index (κ2) is 9.85. The molecule has 0 aliphatic carbocycles. The van der Waals surface area contributed by atoms with Crippen LogP contribution in [-0.2, 0) is 0 Å². The van der Waals surface area contributed by atoms with Crippen molar-refractivity contribution >= 4 is 44.9 Å². The molecule has 5 nitrogen and oxygen atoms in total.